The Morgan fingerprint density at radius 2 is 1.68 bits per heavy atom. The number of para-hydroxylation sites is 2. The van der Waals surface area contributed by atoms with Gasteiger partial charge in [-0.15, -0.1) is 0 Å². The quantitative estimate of drug-likeness (QED) is 0.501. The van der Waals surface area contributed by atoms with E-state index in [9.17, 15) is 9.59 Å². The predicted molar refractivity (Wildman–Crippen MR) is 124 cm³/mol. The molecule has 0 spiro atoms. The van der Waals surface area contributed by atoms with Crippen molar-refractivity contribution < 1.29 is 4.79 Å². The molecule has 0 fully saturated rings. The number of anilines is 1. The van der Waals surface area contributed by atoms with Crippen molar-refractivity contribution in [3.8, 4) is 11.1 Å². The topological polar surface area (TPSA) is 78.1 Å². The number of H-pyrrole nitrogens is 1. The average molecular weight is 412 g/mol. The summed E-state index contributed by atoms with van der Waals surface area (Å²) in [6, 6.07) is 24.5. The standard InChI is InChI=1S/C25H24N4O2/c1-17(29(2)16-23-26-22-15-9-7-13-20(22)25(31)28-23)24(30)27-21-14-8-6-12-19(21)18-10-4-3-5-11-18/h3-15,17H,16H2,1-2H3,(H,27,30)(H,26,28,31)/t17-/m0/s1. The number of amides is 1. The zero-order chi connectivity index (χ0) is 21.8. The number of rotatable bonds is 6. The van der Waals surface area contributed by atoms with Crippen LogP contribution in [0, 0.1) is 0 Å². The van der Waals surface area contributed by atoms with Crippen molar-refractivity contribution in [2.75, 3.05) is 12.4 Å². The third kappa shape index (κ3) is 4.54. The van der Waals surface area contributed by atoms with Gasteiger partial charge in [-0.2, -0.15) is 0 Å². The van der Waals surface area contributed by atoms with Gasteiger partial charge in [0.15, 0.2) is 0 Å². The second-order valence-corrected chi connectivity index (χ2v) is 7.52. The summed E-state index contributed by atoms with van der Waals surface area (Å²) in [4.78, 5) is 34.5. The summed E-state index contributed by atoms with van der Waals surface area (Å²) in [5.74, 6) is 0.393. The van der Waals surface area contributed by atoms with Gasteiger partial charge in [-0.3, -0.25) is 14.5 Å². The summed E-state index contributed by atoms with van der Waals surface area (Å²) in [7, 11) is 1.84. The van der Waals surface area contributed by atoms with Crippen molar-refractivity contribution >= 4 is 22.5 Å². The lowest BCUT2D eigenvalue weighted by Crippen LogP contribution is -2.39. The maximum Gasteiger partial charge on any atom is 0.258 e. The predicted octanol–water partition coefficient (Wildman–Crippen LogP) is 4.05. The monoisotopic (exact) mass is 412 g/mol. The zero-order valence-electron chi connectivity index (χ0n) is 17.5. The van der Waals surface area contributed by atoms with E-state index in [1.54, 1.807) is 6.07 Å². The van der Waals surface area contributed by atoms with Crippen LogP contribution < -0.4 is 10.9 Å². The van der Waals surface area contributed by atoms with E-state index in [1.165, 1.54) is 0 Å². The van der Waals surface area contributed by atoms with E-state index in [1.807, 2.05) is 91.7 Å². The van der Waals surface area contributed by atoms with Crippen molar-refractivity contribution in [2.24, 2.45) is 0 Å². The number of carbonyl (C=O) groups excluding carboxylic acids is 1. The van der Waals surface area contributed by atoms with Crippen LogP contribution in [-0.2, 0) is 11.3 Å². The van der Waals surface area contributed by atoms with E-state index in [0.29, 0.717) is 23.3 Å². The lowest BCUT2D eigenvalue weighted by atomic mass is 10.0. The third-order valence-corrected chi connectivity index (χ3v) is 5.37. The highest BCUT2D eigenvalue weighted by Crippen LogP contribution is 2.27. The van der Waals surface area contributed by atoms with Crippen LogP contribution in [-0.4, -0.2) is 33.9 Å². The number of aromatic nitrogens is 2. The van der Waals surface area contributed by atoms with Gasteiger partial charge in [0.25, 0.3) is 5.56 Å². The first kappa shape index (κ1) is 20.5. The molecule has 0 unspecified atom stereocenters. The molecule has 1 heterocycles. The molecule has 0 aliphatic rings. The SMILES string of the molecule is C[C@@H](C(=O)Nc1ccccc1-c1ccccc1)N(C)Cc1nc2ccccc2c(=O)[nH]1. The molecule has 6 nitrogen and oxygen atoms in total. The molecule has 1 atom stereocenters. The molecule has 1 aromatic heterocycles. The van der Waals surface area contributed by atoms with E-state index < -0.39 is 6.04 Å². The lowest BCUT2D eigenvalue weighted by molar-refractivity contribution is -0.120. The van der Waals surface area contributed by atoms with Crippen LogP contribution in [0.2, 0.25) is 0 Å². The number of carbonyl (C=O) groups is 1. The van der Waals surface area contributed by atoms with Crippen LogP contribution in [0.4, 0.5) is 5.69 Å². The van der Waals surface area contributed by atoms with Crippen molar-refractivity contribution in [3.63, 3.8) is 0 Å². The summed E-state index contributed by atoms with van der Waals surface area (Å²) in [6.07, 6.45) is 0. The Kier molecular flexibility index (Phi) is 5.91. The van der Waals surface area contributed by atoms with Crippen LogP contribution in [0.5, 0.6) is 0 Å². The van der Waals surface area contributed by atoms with E-state index in [-0.39, 0.29) is 11.5 Å². The molecule has 0 saturated heterocycles. The number of nitrogens with one attached hydrogen (secondary N) is 2. The average Bonchev–Trinajstić information content (AvgIpc) is 2.79. The van der Waals surface area contributed by atoms with Crippen LogP contribution in [0.25, 0.3) is 22.0 Å². The highest BCUT2D eigenvalue weighted by molar-refractivity contribution is 5.98. The normalized spacial score (nSPS) is 12.1. The van der Waals surface area contributed by atoms with E-state index in [0.717, 1.165) is 16.8 Å². The number of aromatic amines is 1. The van der Waals surface area contributed by atoms with Gasteiger partial charge in [0.05, 0.1) is 23.5 Å². The van der Waals surface area contributed by atoms with E-state index >= 15 is 0 Å². The van der Waals surface area contributed by atoms with Crippen LogP contribution in [0.1, 0.15) is 12.7 Å². The Morgan fingerprint density at radius 3 is 2.48 bits per heavy atom. The molecule has 0 radical (unpaired) electrons. The molecule has 31 heavy (non-hydrogen) atoms. The van der Waals surface area contributed by atoms with Gasteiger partial charge in [0.1, 0.15) is 5.82 Å². The summed E-state index contributed by atoms with van der Waals surface area (Å²) in [6.45, 7) is 2.18. The number of hydrogen-bond donors (Lipinski definition) is 2. The fourth-order valence-corrected chi connectivity index (χ4v) is 3.48. The Hall–Kier alpha value is -3.77. The molecule has 2 N–H and O–H groups in total. The fourth-order valence-electron chi connectivity index (χ4n) is 3.48. The molecule has 4 aromatic rings. The van der Waals surface area contributed by atoms with Crippen molar-refractivity contribution in [2.45, 2.75) is 19.5 Å². The van der Waals surface area contributed by atoms with Gasteiger partial charge in [0.2, 0.25) is 5.91 Å². The fraction of sp³-hybridized carbons (Fsp3) is 0.160. The summed E-state index contributed by atoms with van der Waals surface area (Å²) >= 11 is 0. The van der Waals surface area contributed by atoms with Gasteiger partial charge in [0, 0.05) is 11.3 Å². The number of likely N-dealkylation sites (N-methyl/N-ethyl adjacent to an activating group) is 1. The lowest BCUT2D eigenvalue weighted by Gasteiger charge is -2.24. The minimum Gasteiger partial charge on any atom is -0.324 e. The molecule has 0 bridgehead atoms. The molecule has 0 aliphatic heterocycles. The molecule has 0 saturated carbocycles. The molecular weight excluding hydrogens is 388 g/mol. The Morgan fingerprint density at radius 1 is 1.00 bits per heavy atom. The minimum absolute atomic E-state index is 0.131. The molecule has 4 rings (SSSR count). The largest absolute Gasteiger partial charge is 0.324 e. The van der Waals surface area contributed by atoms with E-state index in [4.69, 9.17) is 0 Å². The molecule has 0 aliphatic carbocycles. The molecule has 1 amide bonds. The van der Waals surface area contributed by atoms with Gasteiger partial charge < -0.3 is 10.3 Å². The summed E-state index contributed by atoms with van der Waals surface area (Å²) in [5.41, 5.74) is 3.23. The van der Waals surface area contributed by atoms with Crippen molar-refractivity contribution in [1.29, 1.82) is 0 Å². The molecule has 6 heteroatoms. The molecule has 3 aromatic carbocycles. The van der Waals surface area contributed by atoms with Gasteiger partial charge in [-0.1, -0.05) is 60.7 Å². The maximum atomic E-state index is 13.0. The first-order chi connectivity index (χ1) is 15.0. The second kappa shape index (κ2) is 8.93. The van der Waals surface area contributed by atoms with Crippen LogP contribution in [0.15, 0.2) is 83.7 Å². The summed E-state index contributed by atoms with van der Waals surface area (Å²) < 4.78 is 0. The highest BCUT2D eigenvalue weighted by atomic mass is 16.2. The number of benzene rings is 3. The first-order valence-electron chi connectivity index (χ1n) is 10.2. The second-order valence-electron chi connectivity index (χ2n) is 7.52. The van der Waals surface area contributed by atoms with Crippen LogP contribution in [0.3, 0.4) is 0 Å². The highest BCUT2D eigenvalue weighted by Gasteiger charge is 2.20. The minimum atomic E-state index is -0.430. The number of hydrogen-bond acceptors (Lipinski definition) is 4. The van der Waals surface area contributed by atoms with Gasteiger partial charge in [-0.25, -0.2) is 4.98 Å². The zero-order valence-corrected chi connectivity index (χ0v) is 17.5. The number of nitrogens with zero attached hydrogens (tertiary/aromatic N) is 2. The Bertz CT molecular complexity index is 1270. The summed E-state index contributed by atoms with van der Waals surface area (Å²) in [5, 5.41) is 3.60. The Balaban J connectivity index is 1.50. The molecule has 156 valence electrons. The van der Waals surface area contributed by atoms with Gasteiger partial charge in [-0.05, 0) is 37.7 Å². The molecular formula is C25H24N4O2. The third-order valence-electron chi connectivity index (χ3n) is 5.37. The van der Waals surface area contributed by atoms with Crippen LogP contribution >= 0.6 is 0 Å². The Labute approximate surface area is 180 Å². The van der Waals surface area contributed by atoms with Crippen molar-refractivity contribution in [3.05, 3.63) is 95.0 Å². The van der Waals surface area contributed by atoms with E-state index in [2.05, 4.69) is 15.3 Å². The maximum absolute atomic E-state index is 13.0. The van der Waals surface area contributed by atoms with Crippen molar-refractivity contribution in [1.82, 2.24) is 14.9 Å². The first-order valence-corrected chi connectivity index (χ1v) is 10.2. The number of fused-ring (bicyclic) bond motifs is 1. The van der Waals surface area contributed by atoms with Gasteiger partial charge >= 0.3 is 0 Å². The smallest absolute Gasteiger partial charge is 0.258 e.